The van der Waals surface area contributed by atoms with Crippen LogP contribution in [0, 0.1) is 0 Å². The van der Waals surface area contributed by atoms with Gasteiger partial charge in [-0.2, -0.15) is 13.2 Å². The highest BCUT2D eigenvalue weighted by atomic mass is 32.2. The molecule has 1 heterocycles. The van der Waals surface area contributed by atoms with Crippen molar-refractivity contribution in [2.24, 2.45) is 0 Å². The van der Waals surface area contributed by atoms with E-state index in [9.17, 15) is 31.5 Å². The molecule has 2 atom stereocenters. The largest absolute Gasteiger partial charge is 0.493 e. The summed E-state index contributed by atoms with van der Waals surface area (Å²) in [6.45, 7) is 4.61. The minimum Gasteiger partial charge on any atom is -0.493 e. The van der Waals surface area contributed by atoms with Crippen LogP contribution in [0.4, 0.5) is 13.2 Å². The number of rotatable bonds is 11. The first-order valence-electron chi connectivity index (χ1n) is 13.4. The quantitative estimate of drug-likeness (QED) is 0.254. The molecule has 1 amide bonds. The molecule has 0 radical (unpaired) electrons. The number of hydrogen-bond donors (Lipinski definition) is 4. The number of benzene rings is 3. The van der Waals surface area contributed by atoms with Crippen molar-refractivity contribution in [1.82, 2.24) is 15.4 Å². The highest BCUT2D eigenvalue weighted by molar-refractivity contribution is 7.89. The fraction of sp³-hybridized carbons (Fsp3) is 0.367. The van der Waals surface area contributed by atoms with Crippen LogP contribution in [0.3, 0.4) is 0 Å². The van der Waals surface area contributed by atoms with E-state index in [2.05, 4.69) is 15.4 Å². The number of carbonyl (C=O) groups excluding carboxylic acids is 1. The van der Waals surface area contributed by atoms with Crippen molar-refractivity contribution in [3.63, 3.8) is 0 Å². The first kappa shape index (κ1) is 31.5. The summed E-state index contributed by atoms with van der Waals surface area (Å²) in [6, 6.07) is 16.1. The van der Waals surface area contributed by atoms with Gasteiger partial charge >= 0.3 is 6.18 Å². The van der Waals surface area contributed by atoms with Crippen LogP contribution in [-0.2, 0) is 27.5 Å². The number of amides is 1. The number of carbonyl (C=O) groups is 1. The molecule has 1 aliphatic rings. The standard InChI is InChI=1S/C30H34F3N3O5S/c1-29(2,19-37)34-18-20-11-12-24-25(13-14-41-27(24)15-20)35-28(38)17-26(21-7-4-3-5-8-21)36-42(39,40)23-10-6-9-22(16-23)30(31,32)33/h3-12,15-16,25-26,34,36-37H,13-14,17-19H2,1-2H3,(H,35,38)/t25-,26-/m1/s1. The third-order valence-corrected chi connectivity index (χ3v) is 8.45. The Bertz CT molecular complexity index is 1500. The summed E-state index contributed by atoms with van der Waals surface area (Å²) in [7, 11) is -4.41. The third kappa shape index (κ3) is 8.09. The maximum atomic E-state index is 13.3. The second-order valence-corrected chi connectivity index (χ2v) is 12.6. The van der Waals surface area contributed by atoms with Gasteiger partial charge in [-0.15, -0.1) is 0 Å². The van der Waals surface area contributed by atoms with Crippen LogP contribution in [0.1, 0.15) is 61.0 Å². The zero-order chi connectivity index (χ0) is 30.5. The summed E-state index contributed by atoms with van der Waals surface area (Å²) < 4.78 is 74.2. The highest BCUT2D eigenvalue weighted by Crippen LogP contribution is 2.34. The van der Waals surface area contributed by atoms with Crippen molar-refractivity contribution >= 4 is 15.9 Å². The molecule has 3 aromatic carbocycles. The molecule has 12 heteroatoms. The second kappa shape index (κ2) is 12.8. The molecule has 42 heavy (non-hydrogen) atoms. The third-order valence-electron chi connectivity index (χ3n) is 6.98. The predicted molar refractivity (Wildman–Crippen MR) is 151 cm³/mol. The number of ether oxygens (including phenoxy) is 1. The van der Waals surface area contributed by atoms with Crippen LogP contribution in [0.25, 0.3) is 0 Å². The van der Waals surface area contributed by atoms with E-state index in [-0.39, 0.29) is 19.1 Å². The predicted octanol–water partition coefficient (Wildman–Crippen LogP) is 4.62. The zero-order valence-corrected chi connectivity index (χ0v) is 24.1. The molecule has 4 rings (SSSR count). The summed E-state index contributed by atoms with van der Waals surface area (Å²) in [5.41, 5.74) is 0.661. The highest BCUT2D eigenvalue weighted by Gasteiger charge is 2.33. The minimum atomic E-state index is -4.71. The summed E-state index contributed by atoms with van der Waals surface area (Å²) in [6.07, 6.45) is -4.50. The number of hydrogen-bond acceptors (Lipinski definition) is 6. The van der Waals surface area contributed by atoms with Crippen molar-refractivity contribution in [1.29, 1.82) is 0 Å². The molecule has 0 bridgehead atoms. The number of aliphatic hydroxyl groups excluding tert-OH is 1. The van der Waals surface area contributed by atoms with Crippen LogP contribution in [0.15, 0.2) is 77.7 Å². The molecule has 1 aliphatic heterocycles. The van der Waals surface area contributed by atoms with E-state index in [0.717, 1.165) is 29.3 Å². The molecule has 0 spiro atoms. The number of aliphatic hydroxyl groups is 1. The Labute approximate surface area is 243 Å². The Kier molecular flexibility index (Phi) is 9.61. The van der Waals surface area contributed by atoms with Gasteiger partial charge in [0.2, 0.25) is 15.9 Å². The van der Waals surface area contributed by atoms with Gasteiger partial charge in [0.15, 0.2) is 0 Å². The van der Waals surface area contributed by atoms with Crippen LogP contribution < -0.4 is 20.1 Å². The van der Waals surface area contributed by atoms with Gasteiger partial charge in [-0.3, -0.25) is 4.79 Å². The maximum absolute atomic E-state index is 13.3. The summed E-state index contributed by atoms with van der Waals surface area (Å²) in [5, 5.41) is 15.7. The molecule has 0 unspecified atom stereocenters. The van der Waals surface area contributed by atoms with Gasteiger partial charge in [0, 0.05) is 30.5 Å². The molecule has 3 aromatic rings. The number of fused-ring (bicyclic) bond motifs is 1. The van der Waals surface area contributed by atoms with Gasteiger partial charge in [-0.25, -0.2) is 13.1 Å². The van der Waals surface area contributed by atoms with Gasteiger partial charge in [0.05, 0.1) is 35.8 Å². The smallest absolute Gasteiger partial charge is 0.416 e. The lowest BCUT2D eigenvalue weighted by Gasteiger charge is -2.29. The number of halogens is 3. The molecule has 0 aromatic heterocycles. The zero-order valence-electron chi connectivity index (χ0n) is 23.2. The van der Waals surface area contributed by atoms with E-state index >= 15 is 0 Å². The summed E-state index contributed by atoms with van der Waals surface area (Å²) >= 11 is 0. The fourth-order valence-electron chi connectivity index (χ4n) is 4.54. The van der Waals surface area contributed by atoms with Crippen LogP contribution >= 0.6 is 0 Å². The molecule has 0 saturated heterocycles. The van der Waals surface area contributed by atoms with Gasteiger partial charge in [0.25, 0.3) is 0 Å². The molecule has 226 valence electrons. The monoisotopic (exact) mass is 605 g/mol. The van der Waals surface area contributed by atoms with Crippen LogP contribution in [-0.4, -0.2) is 38.2 Å². The Morgan fingerprint density at radius 2 is 1.79 bits per heavy atom. The van der Waals surface area contributed by atoms with E-state index in [4.69, 9.17) is 4.74 Å². The van der Waals surface area contributed by atoms with Crippen LogP contribution in [0.5, 0.6) is 5.75 Å². The average molecular weight is 606 g/mol. The van der Waals surface area contributed by atoms with Crippen molar-refractivity contribution in [3.8, 4) is 5.75 Å². The average Bonchev–Trinajstić information content (AvgIpc) is 2.96. The number of alkyl halides is 3. The number of sulfonamides is 1. The SMILES string of the molecule is CC(C)(CO)NCc1ccc2c(c1)OCC[C@H]2NC(=O)C[C@@H](NS(=O)(=O)c1cccc(C(F)(F)F)c1)c1ccccc1. The Balaban J connectivity index is 1.50. The summed E-state index contributed by atoms with van der Waals surface area (Å²) in [5.74, 6) is 0.182. The lowest BCUT2D eigenvalue weighted by Crippen LogP contribution is -2.42. The molecular formula is C30H34F3N3O5S. The van der Waals surface area contributed by atoms with Crippen molar-refractivity contribution in [2.75, 3.05) is 13.2 Å². The molecule has 4 N–H and O–H groups in total. The first-order chi connectivity index (χ1) is 19.8. The second-order valence-electron chi connectivity index (χ2n) is 10.8. The van der Waals surface area contributed by atoms with Crippen molar-refractivity contribution in [3.05, 3.63) is 95.1 Å². The topological polar surface area (TPSA) is 117 Å². The maximum Gasteiger partial charge on any atom is 0.416 e. The van der Waals surface area contributed by atoms with Gasteiger partial charge in [-0.05, 0) is 49.2 Å². The van der Waals surface area contributed by atoms with Gasteiger partial charge < -0.3 is 20.5 Å². The van der Waals surface area contributed by atoms with Gasteiger partial charge in [0.1, 0.15) is 5.75 Å². The Morgan fingerprint density at radius 1 is 1.05 bits per heavy atom. The molecular weight excluding hydrogens is 571 g/mol. The number of nitrogens with one attached hydrogen (secondary N) is 3. The van der Waals surface area contributed by atoms with Crippen LogP contribution in [0.2, 0.25) is 0 Å². The fourth-order valence-corrected chi connectivity index (χ4v) is 5.81. The lowest BCUT2D eigenvalue weighted by molar-refractivity contribution is -0.137. The van der Waals surface area contributed by atoms with E-state index < -0.39 is 44.1 Å². The van der Waals surface area contributed by atoms with Crippen molar-refractivity contribution in [2.45, 2.75) is 61.9 Å². The first-order valence-corrected chi connectivity index (χ1v) is 14.9. The molecule has 0 fully saturated rings. The molecule has 0 saturated carbocycles. The van der Waals surface area contributed by atoms with Crippen molar-refractivity contribution < 1.29 is 36.2 Å². The van der Waals surface area contributed by atoms with E-state index in [0.29, 0.717) is 37.0 Å². The molecule has 0 aliphatic carbocycles. The Morgan fingerprint density at radius 3 is 2.48 bits per heavy atom. The lowest BCUT2D eigenvalue weighted by atomic mass is 9.97. The minimum absolute atomic E-state index is 0.0252. The van der Waals surface area contributed by atoms with E-state index in [1.54, 1.807) is 30.3 Å². The van der Waals surface area contributed by atoms with E-state index in [1.165, 1.54) is 0 Å². The normalized spacial score (nSPS) is 16.3. The van der Waals surface area contributed by atoms with Gasteiger partial charge in [-0.1, -0.05) is 48.5 Å². The van der Waals surface area contributed by atoms with E-state index in [1.807, 2.05) is 32.0 Å². The Hall–Kier alpha value is -3.45. The molecule has 8 nitrogen and oxygen atoms in total. The summed E-state index contributed by atoms with van der Waals surface area (Å²) in [4.78, 5) is 12.7.